The maximum Gasteiger partial charge on any atom is -0.0316 e. The molecule has 0 nitrogen and oxygen atoms in total. The van der Waals surface area contributed by atoms with Crippen LogP contribution in [0.25, 0.3) is 0 Å². The van der Waals surface area contributed by atoms with Crippen molar-refractivity contribution in [2.75, 3.05) is 0 Å². The minimum atomic E-state index is 1.03. The quantitative estimate of drug-likeness (QED) is 0.513. The van der Waals surface area contributed by atoms with Crippen LogP contribution in [0.3, 0.4) is 0 Å². The molecule has 0 aliphatic heterocycles. The maximum atomic E-state index is 2.47. The summed E-state index contributed by atoms with van der Waals surface area (Å²) in [6.07, 6.45) is 19.6. The first kappa shape index (κ1) is 9.69. The zero-order valence-corrected chi connectivity index (χ0v) is 9.57. The third kappa shape index (κ3) is 1.79. The highest BCUT2D eigenvalue weighted by Crippen LogP contribution is 2.54. The third-order valence-electron chi connectivity index (χ3n) is 4.92. The van der Waals surface area contributed by atoms with Gasteiger partial charge < -0.3 is 0 Å². The Morgan fingerprint density at radius 1 is 0.667 bits per heavy atom. The predicted octanol–water partition coefficient (Wildman–Crippen LogP) is 4.34. The van der Waals surface area contributed by atoms with Gasteiger partial charge in [-0.2, -0.15) is 0 Å². The van der Waals surface area contributed by atoms with Crippen LogP contribution in [-0.2, 0) is 0 Å². The summed E-state index contributed by atoms with van der Waals surface area (Å²) in [7, 11) is 0. The molecule has 0 heteroatoms. The van der Waals surface area contributed by atoms with E-state index in [2.05, 4.69) is 24.3 Å². The Balaban J connectivity index is 1.77. The lowest BCUT2D eigenvalue weighted by atomic mass is 9.75. The van der Waals surface area contributed by atoms with Crippen LogP contribution < -0.4 is 0 Å². The Bertz CT molecular complexity index is 246. The van der Waals surface area contributed by atoms with Gasteiger partial charge in [-0.05, 0) is 68.6 Å². The molecule has 82 valence electrons. The molecule has 0 radical (unpaired) electrons. The highest BCUT2D eigenvalue weighted by molar-refractivity contribution is 5.03. The average molecular weight is 202 g/mol. The number of fused-ring (bicyclic) bond motifs is 5. The molecule has 0 N–H and O–H groups in total. The number of rotatable bonds is 0. The van der Waals surface area contributed by atoms with E-state index in [9.17, 15) is 0 Å². The molecule has 0 saturated heterocycles. The van der Waals surface area contributed by atoms with Crippen molar-refractivity contribution < 1.29 is 0 Å². The van der Waals surface area contributed by atoms with Crippen molar-refractivity contribution in [1.29, 1.82) is 0 Å². The molecule has 3 rings (SSSR count). The topological polar surface area (TPSA) is 0 Å². The largest absolute Gasteiger partial charge is 0.0882 e. The Morgan fingerprint density at radius 2 is 1.20 bits per heavy atom. The second-order valence-corrected chi connectivity index (χ2v) is 5.65. The van der Waals surface area contributed by atoms with Crippen molar-refractivity contribution in [3.63, 3.8) is 0 Å². The summed E-state index contributed by atoms with van der Waals surface area (Å²) in [5, 5.41) is 0. The molecule has 0 heterocycles. The summed E-state index contributed by atoms with van der Waals surface area (Å²) in [5.74, 6) is 4.22. The van der Waals surface area contributed by atoms with Crippen LogP contribution in [0.15, 0.2) is 24.3 Å². The highest BCUT2D eigenvalue weighted by Gasteiger charge is 2.45. The molecule has 15 heavy (non-hydrogen) atoms. The lowest BCUT2D eigenvalue weighted by molar-refractivity contribution is 0.224. The number of hydrogen-bond donors (Lipinski definition) is 0. The van der Waals surface area contributed by atoms with Crippen molar-refractivity contribution in [2.24, 2.45) is 23.7 Å². The molecule has 0 spiro atoms. The second-order valence-electron chi connectivity index (χ2n) is 5.65. The first-order valence-electron chi connectivity index (χ1n) is 6.75. The maximum absolute atomic E-state index is 2.47. The first-order chi connectivity index (χ1) is 7.45. The molecule has 3 aliphatic carbocycles. The van der Waals surface area contributed by atoms with Gasteiger partial charge >= 0.3 is 0 Å². The molecular formula is C15H22. The van der Waals surface area contributed by atoms with Crippen molar-refractivity contribution >= 4 is 0 Å². The van der Waals surface area contributed by atoms with Gasteiger partial charge in [0.15, 0.2) is 0 Å². The predicted molar refractivity (Wildman–Crippen MR) is 64.6 cm³/mol. The minimum Gasteiger partial charge on any atom is -0.0882 e. The lowest BCUT2D eigenvalue weighted by Crippen LogP contribution is -2.21. The molecule has 4 unspecified atom stereocenters. The van der Waals surface area contributed by atoms with Gasteiger partial charge in [-0.3, -0.25) is 0 Å². The summed E-state index contributed by atoms with van der Waals surface area (Å²) in [6, 6.07) is 0. The Hall–Kier alpha value is -0.520. The van der Waals surface area contributed by atoms with E-state index in [0.29, 0.717) is 0 Å². The van der Waals surface area contributed by atoms with E-state index < -0.39 is 0 Å². The summed E-state index contributed by atoms with van der Waals surface area (Å²) >= 11 is 0. The summed E-state index contributed by atoms with van der Waals surface area (Å²) in [6.45, 7) is 0. The first-order valence-corrected chi connectivity index (χ1v) is 6.75. The Labute approximate surface area is 93.5 Å². The summed E-state index contributed by atoms with van der Waals surface area (Å²) in [4.78, 5) is 0. The van der Waals surface area contributed by atoms with Crippen LogP contribution in [0.5, 0.6) is 0 Å². The lowest BCUT2D eigenvalue weighted by Gasteiger charge is -2.30. The minimum absolute atomic E-state index is 1.03. The normalized spacial score (nSPS) is 48.5. The SMILES string of the molecule is C1=C\CC2C3CCC(C3)C2C/C=C/CC/1. The molecule has 4 atom stereocenters. The molecule has 0 aromatic carbocycles. The molecule has 0 aromatic heterocycles. The van der Waals surface area contributed by atoms with Crippen LogP contribution in [0, 0.1) is 23.7 Å². The number of allylic oxidation sites excluding steroid dienone is 4. The van der Waals surface area contributed by atoms with Crippen LogP contribution in [-0.4, -0.2) is 0 Å². The molecule has 3 aliphatic rings. The van der Waals surface area contributed by atoms with Crippen molar-refractivity contribution in [3.05, 3.63) is 24.3 Å². The zero-order valence-electron chi connectivity index (χ0n) is 9.57. The van der Waals surface area contributed by atoms with E-state index in [4.69, 9.17) is 0 Å². The monoisotopic (exact) mass is 202 g/mol. The standard InChI is InChI=1S/C15H22/c1-2-4-6-8-15-13-10-9-12(11-13)14(15)7-5-3-1/h3-6,12-15H,1-2,7-11H2/b5-3-,6-4+. The van der Waals surface area contributed by atoms with Gasteiger partial charge in [-0.15, -0.1) is 0 Å². The van der Waals surface area contributed by atoms with Crippen LogP contribution in [0.1, 0.15) is 44.9 Å². The van der Waals surface area contributed by atoms with E-state index in [1.807, 2.05) is 0 Å². The second kappa shape index (κ2) is 4.15. The van der Waals surface area contributed by atoms with Gasteiger partial charge in [0, 0.05) is 0 Å². The van der Waals surface area contributed by atoms with E-state index in [0.717, 1.165) is 23.7 Å². The third-order valence-corrected chi connectivity index (χ3v) is 4.92. The summed E-state index contributed by atoms with van der Waals surface area (Å²) in [5.41, 5.74) is 0. The molecule has 2 fully saturated rings. The van der Waals surface area contributed by atoms with Gasteiger partial charge in [0.25, 0.3) is 0 Å². The van der Waals surface area contributed by atoms with E-state index >= 15 is 0 Å². The van der Waals surface area contributed by atoms with Crippen LogP contribution in [0.4, 0.5) is 0 Å². The smallest absolute Gasteiger partial charge is 0.0316 e. The van der Waals surface area contributed by atoms with Gasteiger partial charge in [0.1, 0.15) is 0 Å². The van der Waals surface area contributed by atoms with Crippen molar-refractivity contribution in [1.82, 2.24) is 0 Å². The van der Waals surface area contributed by atoms with Crippen molar-refractivity contribution in [2.45, 2.75) is 44.9 Å². The fourth-order valence-electron chi connectivity index (χ4n) is 4.20. The van der Waals surface area contributed by atoms with E-state index in [1.54, 1.807) is 6.42 Å². The Kier molecular flexibility index (Phi) is 2.68. The van der Waals surface area contributed by atoms with E-state index in [-0.39, 0.29) is 0 Å². The van der Waals surface area contributed by atoms with Crippen LogP contribution in [0.2, 0.25) is 0 Å². The highest BCUT2D eigenvalue weighted by atomic mass is 14.5. The van der Waals surface area contributed by atoms with Gasteiger partial charge in [0.2, 0.25) is 0 Å². The van der Waals surface area contributed by atoms with Gasteiger partial charge in [0.05, 0.1) is 0 Å². The number of hydrogen-bond acceptors (Lipinski definition) is 0. The molecule has 0 amide bonds. The van der Waals surface area contributed by atoms with Crippen LogP contribution >= 0.6 is 0 Å². The molecule has 2 saturated carbocycles. The summed E-state index contributed by atoms with van der Waals surface area (Å²) < 4.78 is 0. The molecule has 2 bridgehead atoms. The Morgan fingerprint density at radius 3 is 1.73 bits per heavy atom. The molecular weight excluding hydrogens is 180 g/mol. The van der Waals surface area contributed by atoms with Crippen molar-refractivity contribution in [3.8, 4) is 0 Å². The fourth-order valence-corrected chi connectivity index (χ4v) is 4.20. The molecule has 0 aromatic rings. The van der Waals surface area contributed by atoms with Gasteiger partial charge in [-0.1, -0.05) is 24.3 Å². The zero-order chi connectivity index (χ0) is 10.1. The average Bonchev–Trinajstić information content (AvgIpc) is 2.85. The van der Waals surface area contributed by atoms with Gasteiger partial charge in [-0.25, -0.2) is 0 Å². The fraction of sp³-hybridized carbons (Fsp3) is 0.733. The van der Waals surface area contributed by atoms with E-state index in [1.165, 1.54) is 38.5 Å².